The van der Waals surface area contributed by atoms with E-state index in [9.17, 15) is 0 Å². The molecular formula is C30H27N7. The fourth-order valence-corrected chi connectivity index (χ4v) is 4.83. The minimum atomic E-state index is 0.0861. The Morgan fingerprint density at radius 3 is 2.27 bits per heavy atom. The highest BCUT2D eigenvalue weighted by Crippen LogP contribution is 2.32. The van der Waals surface area contributed by atoms with Crippen molar-refractivity contribution < 1.29 is 0 Å². The van der Waals surface area contributed by atoms with Gasteiger partial charge in [0.15, 0.2) is 5.65 Å². The van der Waals surface area contributed by atoms with Gasteiger partial charge in [-0.25, -0.2) is 14.5 Å². The molecule has 0 atom stereocenters. The van der Waals surface area contributed by atoms with Crippen LogP contribution in [-0.4, -0.2) is 41.5 Å². The molecule has 7 heteroatoms. The van der Waals surface area contributed by atoms with E-state index in [2.05, 4.69) is 87.7 Å². The maximum Gasteiger partial charge on any atom is 0.155 e. The van der Waals surface area contributed by atoms with Crippen molar-refractivity contribution in [2.45, 2.75) is 19.5 Å². The van der Waals surface area contributed by atoms with Crippen molar-refractivity contribution in [2.24, 2.45) is 0 Å². The van der Waals surface area contributed by atoms with E-state index in [1.165, 1.54) is 11.1 Å². The third-order valence-corrected chi connectivity index (χ3v) is 6.52. The van der Waals surface area contributed by atoms with Gasteiger partial charge in [-0.3, -0.25) is 9.88 Å². The van der Waals surface area contributed by atoms with Crippen LogP contribution in [0.2, 0.25) is 0 Å². The fourth-order valence-electron chi connectivity index (χ4n) is 4.83. The summed E-state index contributed by atoms with van der Waals surface area (Å²) >= 11 is 0. The molecule has 0 aliphatic carbocycles. The van der Waals surface area contributed by atoms with Crippen LogP contribution in [0.15, 0.2) is 104 Å². The van der Waals surface area contributed by atoms with Gasteiger partial charge in [0.2, 0.25) is 0 Å². The van der Waals surface area contributed by atoms with Crippen LogP contribution in [0.5, 0.6) is 0 Å². The zero-order chi connectivity index (χ0) is 25.2. The molecule has 182 valence electrons. The van der Waals surface area contributed by atoms with Crippen LogP contribution >= 0.6 is 0 Å². The summed E-state index contributed by atoms with van der Waals surface area (Å²) in [5.41, 5.74) is 7.76. The van der Waals surface area contributed by atoms with E-state index in [4.69, 9.17) is 9.97 Å². The number of aromatic nitrogens is 6. The van der Waals surface area contributed by atoms with Crippen molar-refractivity contribution in [1.29, 1.82) is 0 Å². The van der Waals surface area contributed by atoms with Gasteiger partial charge in [0.05, 0.1) is 29.7 Å². The summed E-state index contributed by atoms with van der Waals surface area (Å²) in [6.45, 7) is 2.62. The zero-order valence-corrected chi connectivity index (χ0v) is 20.8. The Balaban J connectivity index is 1.41. The quantitative estimate of drug-likeness (QED) is 0.313. The highest BCUT2D eigenvalue weighted by Gasteiger charge is 2.22. The van der Waals surface area contributed by atoms with Gasteiger partial charge in [0.1, 0.15) is 12.2 Å². The highest BCUT2D eigenvalue weighted by molar-refractivity contribution is 5.77. The summed E-state index contributed by atoms with van der Waals surface area (Å²) in [5.74, 6) is 0.867. The molecular weight excluding hydrogens is 458 g/mol. The van der Waals surface area contributed by atoms with E-state index in [0.717, 1.165) is 39.8 Å². The van der Waals surface area contributed by atoms with E-state index < -0.39 is 0 Å². The smallest absolute Gasteiger partial charge is 0.155 e. The summed E-state index contributed by atoms with van der Waals surface area (Å²) < 4.78 is 1.77. The monoisotopic (exact) mass is 485 g/mol. The second-order valence-corrected chi connectivity index (χ2v) is 9.19. The first kappa shape index (κ1) is 22.8. The SMILES string of the molecule is Cc1cccc(-c2[nH]c(CN(C)C(c3ccccc3)c3ccccc3)nc2-c2ccc3ncnn3c2)n1. The minimum Gasteiger partial charge on any atom is -0.339 e. The minimum absolute atomic E-state index is 0.0861. The standard InChI is InChI=1S/C30H27N7/c1-21-10-9-15-25(33-21)29-28(24-16-17-27-31-20-32-37(27)18-24)34-26(35-29)19-36(2)30(22-11-5-3-6-12-22)23-13-7-4-8-14-23/h3-18,20,30H,19H2,1-2H3,(H,34,35). The number of aromatic amines is 1. The molecule has 0 spiro atoms. The van der Waals surface area contributed by atoms with Crippen molar-refractivity contribution in [3.05, 3.63) is 126 Å². The molecule has 6 rings (SSSR count). The number of hydrogen-bond acceptors (Lipinski definition) is 5. The maximum atomic E-state index is 5.09. The number of rotatable bonds is 7. The molecule has 4 heterocycles. The van der Waals surface area contributed by atoms with Crippen molar-refractivity contribution in [3.8, 4) is 22.6 Å². The van der Waals surface area contributed by atoms with E-state index >= 15 is 0 Å². The third kappa shape index (κ3) is 4.64. The van der Waals surface area contributed by atoms with Gasteiger partial charge in [-0.1, -0.05) is 66.7 Å². The van der Waals surface area contributed by atoms with Crippen molar-refractivity contribution in [1.82, 2.24) is 34.4 Å². The molecule has 7 nitrogen and oxygen atoms in total. The predicted octanol–water partition coefficient (Wildman–Crippen LogP) is 5.71. The first-order chi connectivity index (χ1) is 18.2. The lowest BCUT2D eigenvalue weighted by Gasteiger charge is -2.28. The van der Waals surface area contributed by atoms with Crippen LogP contribution in [0.3, 0.4) is 0 Å². The number of hydrogen-bond donors (Lipinski definition) is 1. The number of H-pyrrole nitrogens is 1. The highest BCUT2D eigenvalue weighted by atomic mass is 15.3. The molecule has 37 heavy (non-hydrogen) atoms. The molecule has 0 saturated heterocycles. The Morgan fingerprint density at radius 2 is 1.57 bits per heavy atom. The molecule has 0 saturated carbocycles. The molecule has 0 fully saturated rings. The topological polar surface area (TPSA) is 75.0 Å². The molecule has 0 radical (unpaired) electrons. The van der Waals surface area contributed by atoms with E-state index in [1.54, 1.807) is 10.8 Å². The fraction of sp³-hybridized carbons (Fsp3) is 0.133. The van der Waals surface area contributed by atoms with Crippen molar-refractivity contribution >= 4 is 5.65 Å². The van der Waals surface area contributed by atoms with Gasteiger partial charge in [-0.05, 0) is 49.4 Å². The van der Waals surface area contributed by atoms with Crippen LogP contribution in [0.25, 0.3) is 28.3 Å². The Labute approximate surface area is 215 Å². The van der Waals surface area contributed by atoms with Gasteiger partial charge >= 0.3 is 0 Å². The molecule has 0 aliphatic rings. The van der Waals surface area contributed by atoms with Crippen LogP contribution < -0.4 is 0 Å². The number of benzene rings is 2. The number of imidazole rings is 1. The zero-order valence-electron chi connectivity index (χ0n) is 20.8. The van der Waals surface area contributed by atoms with Crippen LogP contribution in [0.1, 0.15) is 28.7 Å². The second-order valence-electron chi connectivity index (χ2n) is 9.19. The van der Waals surface area contributed by atoms with E-state index in [1.807, 2.05) is 43.5 Å². The van der Waals surface area contributed by atoms with Gasteiger partial charge in [-0.15, -0.1) is 0 Å². The van der Waals surface area contributed by atoms with Crippen molar-refractivity contribution in [2.75, 3.05) is 7.05 Å². The van der Waals surface area contributed by atoms with Crippen LogP contribution in [0, 0.1) is 6.92 Å². The normalized spacial score (nSPS) is 11.6. The Kier molecular flexibility index (Phi) is 6.04. The average molecular weight is 486 g/mol. The Morgan fingerprint density at radius 1 is 0.838 bits per heavy atom. The molecule has 0 amide bonds. The Hall–Kier alpha value is -4.62. The molecule has 0 aliphatic heterocycles. The lowest BCUT2D eigenvalue weighted by atomic mass is 9.97. The molecule has 0 bridgehead atoms. The summed E-state index contributed by atoms with van der Waals surface area (Å²) in [7, 11) is 2.14. The second kappa shape index (κ2) is 9.79. The van der Waals surface area contributed by atoms with Gasteiger partial charge in [0.25, 0.3) is 0 Å². The van der Waals surface area contributed by atoms with E-state index in [-0.39, 0.29) is 6.04 Å². The molecule has 6 aromatic rings. The van der Waals surface area contributed by atoms with Gasteiger partial charge < -0.3 is 4.98 Å². The third-order valence-electron chi connectivity index (χ3n) is 6.52. The number of pyridine rings is 2. The summed E-state index contributed by atoms with van der Waals surface area (Å²) in [6.07, 6.45) is 3.52. The summed E-state index contributed by atoms with van der Waals surface area (Å²) in [6, 6.07) is 31.3. The number of fused-ring (bicyclic) bond motifs is 1. The van der Waals surface area contributed by atoms with Crippen LogP contribution in [0.4, 0.5) is 0 Å². The number of aryl methyl sites for hydroxylation is 1. The largest absolute Gasteiger partial charge is 0.339 e. The lowest BCUT2D eigenvalue weighted by molar-refractivity contribution is 0.264. The van der Waals surface area contributed by atoms with Gasteiger partial charge in [0, 0.05) is 17.5 Å². The van der Waals surface area contributed by atoms with E-state index in [0.29, 0.717) is 6.54 Å². The lowest BCUT2D eigenvalue weighted by Crippen LogP contribution is -2.25. The van der Waals surface area contributed by atoms with Crippen LogP contribution in [-0.2, 0) is 6.54 Å². The number of nitrogens with one attached hydrogen (secondary N) is 1. The maximum absolute atomic E-state index is 5.09. The van der Waals surface area contributed by atoms with Gasteiger partial charge in [-0.2, -0.15) is 5.10 Å². The first-order valence-corrected chi connectivity index (χ1v) is 12.3. The molecule has 1 N–H and O–H groups in total. The molecule has 4 aromatic heterocycles. The summed E-state index contributed by atoms with van der Waals surface area (Å²) in [5, 5.41) is 4.31. The molecule has 0 unspecified atom stereocenters. The first-order valence-electron chi connectivity index (χ1n) is 12.3. The molecule has 2 aromatic carbocycles. The average Bonchev–Trinajstić information content (AvgIpc) is 3.57. The Bertz CT molecular complexity index is 1600. The summed E-state index contributed by atoms with van der Waals surface area (Å²) in [4.78, 5) is 20.1. The predicted molar refractivity (Wildman–Crippen MR) is 145 cm³/mol. The van der Waals surface area contributed by atoms with Crippen molar-refractivity contribution in [3.63, 3.8) is 0 Å². The number of nitrogens with zero attached hydrogens (tertiary/aromatic N) is 6.